The molecule has 1 aliphatic heterocycles. The lowest BCUT2D eigenvalue weighted by molar-refractivity contribution is 0.173. The smallest absolute Gasteiger partial charge is 0.231 e. The van der Waals surface area contributed by atoms with E-state index >= 15 is 0 Å². The van der Waals surface area contributed by atoms with Crippen LogP contribution in [0, 0.1) is 0 Å². The van der Waals surface area contributed by atoms with E-state index in [1.165, 1.54) is 6.07 Å². The number of nitrogens with zero attached hydrogens (tertiary/aromatic N) is 1. The zero-order valence-corrected chi connectivity index (χ0v) is 13.4. The van der Waals surface area contributed by atoms with Gasteiger partial charge in [0.1, 0.15) is 0 Å². The van der Waals surface area contributed by atoms with Crippen molar-refractivity contribution in [3.8, 4) is 11.5 Å². The fraction of sp³-hybridized carbons (Fsp3) is 0.0952. The molecule has 2 heterocycles. The van der Waals surface area contributed by atoms with Crippen LogP contribution in [-0.4, -0.2) is 11.4 Å². The summed E-state index contributed by atoms with van der Waals surface area (Å²) in [6, 6.07) is 21.7. The van der Waals surface area contributed by atoms with Crippen LogP contribution in [0.1, 0.15) is 5.56 Å². The van der Waals surface area contributed by atoms with Crippen LogP contribution in [-0.2, 0) is 6.54 Å². The molecule has 0 saturated heterocycles. The molecule has 1 aromatic heterocycles. The molecule has 0 spiro atoms. The fourth-order valence-corrected chi connectivity index (χ4v) is 3.52. The molecule has 0 radical (unpaired) electrons. The second-order valence-corrected chi connectivity index (χ2v) is 6.14. The van der Waals surface area contributed by atoms with Crippen LogP contribution in [0.3, 0.4) is 0 Å². The summed E-state index contributed by atoms with van der Waals surface area (Å²) < 4.78 is 13.0. The van der Waals surface area contributed by atoms with Gasteiger partial charge in [0.15, 0.2) is 11.5 Å². The van der Waals surface area contributed by atoms with Gasteiger partial charge in [-0.25, -0.2) is 0 Å². The predicted octanol–water partition coefficient (Wildman–Crippen LogP) is 3.93. The summed E-state index contributed by atoms with van der Waals surface area (Å²) in [6.45, 7) is 0.791. The molecule has 0 atom stereocenters. The maximum atomic E-state index is 13.0. The first-order valence-corrected chi connectivity index (χ1v) is 8.20. The van der Waals surface area contributed by atoms with Crippen molar-refractivity contribution in [1.82, 2.24) is 4.57 Å². The molecule has 3 aromatic carbocycles. The lowest BCUT2D eigenvalue weighted by Gasteiger charge is -2.06. The normalized spacial score (nSPS) is 12.8. The average Bonchev–Trinajstić information content (AvgIpc) is 3.16. The van der Waals surface area contributed by atoms with Crippen molar-refractivity contribution in [1.29, 1.82) is 0 Å². The minimum absolute atomic E-state index is 0.0612. The highest BCUT2D eigenvalue weighted by atomic mass is 16.7. The summed E-state index contributed by atoms with van der Waals surface area (Å²) >= 11 is 0. The van der Waals surface area contributed by atoms with Crippen LogP contribution in [0.4, 0.5) is 0 Å². The highest BCUT2D eigenvalue weighted by molar-refractivity contribution is 6.08. The number of rotatable bonds is 2. The van der Waals surface area contributed by atoms with E-state index in [1.807, 2.05) is 42.5 Å². The van der Waals surface area contributed by atoms with Crippen LogP contribution in [0.5, 0.6) is 11.5 Å². The van der Waals surface area contributed by atoms with Gasteiger partial charge in [0.05, 0.1) is 5.52 Å². The first kappa shape index (κ1) is 14.1. The van der Waals surface area contributed by atoms with Gasteiger partial charge in [-0.2, -0.15) is 0 Å². The Morgan fingerprint density at radius 1 is 0.840 bits per heavy atom. The molecule has 1 aliphatic rings. The number of hydrogen-bond donors (Lipinski definition) is 0. The van der Waals surface area contributed by atoms with E-state index in [1.54, 1.807) is 0 Å². The van der Waals surface area contributed by atoms with Crippen molar-refractivity contribution in [3.63, 3.8) is 0 Å². The molecule has 122 valence electrons. The number of ether oxygens (including phenoxy) is 2. The Morgan fingerprint density at radius 2 is 1.56 bits per heavy atom. The maximum Gasteiger partial charge on any atom is 0.231 e. The standard InChI is InChI=1S/C21H15NO3/c23-18-11-20-19(24-13-25-20)10-16-15-8-4-5-9-17(15)22(21(16)18)12-14-6-2-1-3-7-14/h1-11H,12-13H2. The van der Waals surface area contributed by atoms with Gasteiger partial charge in [-0.1, -0.05) is 48.5 Å². The lowest BCUT2D eigenvalue weighted by atomic mass is 10.2. The highest BCUT2D eigenvalue weighted by Crippen LogP contribution is 2.35. The Kier molecular flexibility index (Phi) is 3.04. The molecule has 4 heteroatoms. The molecule has 0 fully saturated rings. The SMILES string of the molecule is O=c1cc2c(cc3c4ccccc4n(Cc4ccccc4)c13)OCO2. The zero-order valence-electron chi connectivity index (χ0n) is 13.4. The van der Waals surface area contributed by atoms with Crippen molar-refractivity contribution >= 4 is 21.8 Å². The molecule has 4 nitrogen and oxygen atoms in total. The molecule has 5 rings (SSSR count). The summed E-state index contributed by atoms with van der Waals surface area (Å²) in [5.41, 5.74) is 2.80. The van der Waals surface area contributed by atoms with Gasteiger partial charge >= 0.3 is 0 Å². The van der Waals surface area contributed by atoms with Gasteiger partial charge in [0, 0.05) is 28.9 Å². The van der Waals surface area contributed by atoms with E-state index in [-0.39, 0.29) is 12.2 Å². The second kappa shape index (κ2) is 5.38. The molecule has 0 aliphatic carbocycles. The summed E-state index contributed by atoms with van der Waals surface area (Å²) in [6.07, 6.45) is 0. The van der Waals surface area contributed by atoms with E-state index in [2.05, 4.69) is 22.8 Å². The number of benzene rings is 2. The van der Waals surface area contributed by atoms with E-state index in [4.69, 9.17) is 9.47 Å². The monoisotopic (exact) mass is 329 g/mol. The molecule has 0 N–H and O–H groups in total. The summed E-state index contributed by atoms with van der Waals surface area (Å²) in [7, 11) is 0. The van der Waals surface area contributed by atoms with Gasteiger partial charge < -0.3 is 14.0 Å². The quantitative estimate of drug-likeness (QED) is 0.559. The topological polar surface area (TPSA) is 40.5 Å². The Bertz CT molecular complexity index is 1160. The third-order valence-electron chi connectivity index (χ3n) is 4.64. The lowest BCUT2D eigenvalue weighted by Crippen LogP contribution is -2.07. The van der Waals surface area contributed by atoms with Crippen LogP contribution in [0.15, 0.2) is 71.5 Å². The predicted molar refractivity (Wildman–Crippen MR) is 97.4 cm³/mol. The highest BCUT2D eigenvalue weighted by Gasteiger charge is 2.19. The van der Waals surface area contributed by atoms with Crippen molar-refractivity contribution in [3.05, 3.63) is 82.5 Å². The second-order valence-electron chi connectivity index (χ2n) is 6.14. The van der Waals surface area contributed by atoms with E-state index in [0.29, 0.717) is 23.6 Å². The minimum atomic E-state index is -0.0612. The van der Waals surface area contributed by atoms with Gasteiger partial charge in [0.25, 0.3) is 0 Å². The Labute approximate surface area is 143 Å². The van der Waals surface area contributed by atoms with E-state index in [0.717, 1.165) is 21.9 Å². The summed E-state index contributed by atoms with van der Waals surface area (Å²) in [5, 5.41) is 1.93. The number of hydrogen-bond acceptors (Lipinski definition) is 3. The Balaban J connectivity index is 1.89. The Morgan fingerprint density at radius 3 is 2.40 bits per heavy atom. The summed E-state index contributed by atoms with van der Waals surface area (Å²) in [5.74, 6) is 1.13. The van der Waals surface area contributed by atoms with Gasteiger partial charge in [-0.15, -0.1) is 0 Å². The first-order chi connectivity index (χ1) is 12.3. The number of para-hydroxylation sites is 1. The van der Waals surface area contributed by atoms with Gasteiger partial charge in [-0.3, -0.25) is 4.79 Å². The number of aromatic nitrogens is 1. The van der Waals surface area contributed by atoms with E-state index in [9.17, 15) is 4.79 Å². The molecule has 0 amide bonds. The van der Waals surface area contributed by atoms with Crippen molar-refractivity contribution in [2.24, 2.45) is 0 Å². The first-order valence-electron chi connectivity index (χ1n) is 8.20. The number of fused-ring (bicyclic) bond motifs is 4. The van der Waals surface area contributed by atoms with Crippen molar-refractivity contribution in [2.45, 2.75) is 6.54 Å². The molecule has 0 bridgehead atoms. The van der Waals surface area contributed by atoms with Crippen LogP contribution in [0.25, 0.3) is 21.8 Å². The molecule has 25 heavy (non-hydrogen) atoms. The Hall–Kier alpha value is -3.27. The molecule has 0 saturated carbocycles. The molecule has 4 aromatic rings. The zero-order chi connectivity index (χ0) is 16.8. The molecular formula is C21H15NO3. The summed E-state index contributed by atoms with van der Waals surface area (Å²) in [4.78, 5) is 13.0. The van der Waals surface area contributed by atoms with Crippen LogP contribution in [0.2, 0.25) is 0 Å². The fourth-order valence-electron chi connectivity index (χ4n) is 3.52. The van der Waals surface area contributed by atoms with Crippen LogP contribution >= 0.6 is 0 Å². The minimum Gasteiger partial charge on any atom is -0.454 e. The van der Waals surface area contributed by atoms with Gasteiger partial charge in [0.2, 0.25) is 12.2 Å². The van der Waals surface area contributed by atoms with Crippen molar-refractivity contribution in [2.75, 3.05) is 6.79 Å². The van der Waals surface area contributed by atoms with Gasteiger partial charge in [-0.05, 0) is 17.7 Å². The molecule has 0 unspecified atom stereocenters. The average molecular weight is 329 g/mol. The molecular weight excluding hydrogens is 314 g/mol. The van der Waals surface area contributed by atoms with E-state index < -0.39 is 0 Å². The van der Waals surface area contributed by atoms with Crippen molar-refractivity contribution < 1.29 is 9.47 Å². The maximum absolute atomic E-state index is 13.0. The largest absolute Gasteiger partial charge is 0.454 e. The third-order valence-corrected chi connectivity index (χ3v) is 4.64. The third kappa shape index (κ3) is 2.18. The van der Waals surface area contributed by atoms with Crippen LogP contribution < -0.4 is 14.9 Å².